The summed E-state index contributed by atoms with van der Waals surface area (Å²) < 4.78 is 2.08. The normalized spacial score (nSPS) is 23.6. The fraction of sp³-hybridized carbons (Fsp3) is 0.429. The van der Waals surface area contributed by atoms with Gasteiger partial charge in [-0.1, -0.05) is 6.07 Å². The van der Waals surface area contributed by atoms with Crippen molar-refractivity contribution in [2.45, 2.75) is 37.4 Å². The third-order valence-corrected chi connectivity index (χ3v) is 4.80. The molecule has 5 nitrogen and oxygen atoms in total. The van der Waals surface area contributed by atoms with E-state index in [2.05, 4.69) is 14.9 Å². The van der Waals surface area contributed by atoms with Crippen LogP contribution in [0.4, 0.5) is 0 Å². The van der Waals surface area contributed by atoms with E-state index < -0.39 is 6.04 Å². The van der Waals surface area contributed by atoms with E-state index in [0.717, 1.165) is 24.1 Å². The fourth-order valence-corrected chi connectivity index (χ4v) is 3.53. The zero-order valence-corrected chi connectivity index (χ0v) is 11.9. The summed E-state index contributed by atoms with van der Waals surface area (Å²) in [5.41, 5.74) is 6.00. The summed E-state index contributed by atoms with van der Waals surface area (Å²) in [6, 6.07) is 3.67. The Morgan fingerprint density at radius 3 is 3.15 bits per heavy atom. The van der Waals surface area contributed by atoms with Crippen LogP contribution in [-0.4, -0.2) is 21.5 Å². The summed E-state index contributed by atoms with van der Waals surface area (Å²) in [6.07, 6.45) is 8.71. The van der Waals surface area contributed by atoms with Crippen molar-refractivity contribution >= 4 is 17.2 Å². The molecule has 1 amide bonds. The molecule has 3 rings (SSSR count). The predicted octanol–water partition coefficient (Wildman–Crippen LogP) is 1.85. The molecule has 1 saturated carbocycles. The molecule has 0 radical (unpaired) electrons. The average Bonchev–Trinajstić information content (AvgIpc) is 3.19. The van der Waals surface area contributed by atoms with Crippen LogP contribution in [-0.2, 0) is 4.79 Å². The predicted molar refractivity (Wildman–Crippen MR) is 78.3 cm³/mol. The molecule has 0 spiro atoms. The van der Waals surface area contributed by atoms with Crippen molar-refractivity contribution in [3.63, 3.8) is 0 Å². The smallest absolute Gasteiger partial charge is 0.242 e. The Bertz CT molecular complexity index is 552. The minimum Gasteiger partial charge on any atom is -0.350 e. The van der Waals surface area contributed by atoms with Gasteiger partial charge in [0.25, 0.3) is 0 Å². The monoisotopic (exact) mass is 290 g/mol. The van der Waals surface area contributed by atoms with Gasteiger partial charge < -0.3 is 15.6 Å². The van der Waals surface area contributed by atoms with Gasteiger partial charge in [-0.2, -0.15) is 0 Å². The first kappa shape index (κ1) is 13.3. The van der Waals surface area contributed by atoms with Gasteiger partial charge >= 0.3 is 0 Å². The Balaban J connectivity index is 1.66. The molecule has 0 saturated heterocycles. The maximum absolute atomic E-state index is 12.3. The maximum atomic E-state index is 12.3. The first-order chi connectivity index (χ1) is 9.75. The number of hydrogen-bond donors (Lipinski definition) is 2. The lowest BCUT2D eigenvalue weighted by Crippen LogP contribution is -2.42. The van der Waals surface area contributed by atoms with Gasteiger partial charge in [-0.25, -0.2) is 4.98 Å². The molecule has 3 atom stereocenters. The summed E-state index contributed by atoms with van der Waals surface area (Å²) in [6.45, 7) is 0. The van der Waals surface area contributed by atoms with Gasteiger partial charge in [0.15, 0.2) is 0 Å². The number of imidazole rings is 1. The number of nitrogens with zero attached hydrogens (tertiary/aromatic N) is 2. The number of nitrogens with two attached hydrogens (primary N) is 1. The summed E-state index contributed by atoms with van der Waals surface area (Å²) >= 11 is 1.51. The standard InChI is InChI=1S/C14H18N4OS/c15-13(12-5-2-8-20-12)14(19)17-10-3-1-4-11(10)18-7-6-16-9-18/h2,5-11,13H,1,3-4,15H2,(H,17,19). The van der Waals surface area contributed by atoms with Gasteiger partial charge in [-0.3, -0.25) is 4.79 Å². The Morgan fingerprint density at radius 2 is 2.45 bits per heavy atom. The third-order valence-electron chi connectivity index (χ3n) is 3.85. The Hall–Kier alpha value is -1.66. The van der Waals surface area contributed by atoms with Crippen LogP contribution >= 0.6 is 11.3 Å². The van der Waals surface area contributed by atoms with E-state index in [9.17, 15) is 4.79 Å². The van der Waals surface area contributed by atoms with Crippen LogP contribution < -0.4 is 11.1 Å². The second-order valence-electron chi connectivity index (χ2n) is 5.12. The molecule has 1 aliphatic carbocycles. The largest absolute Gasteiger partial charge is 0.350 e. The molecule has 1 aliphatic rings. The lowest BCUT2D eigenvalue weighted by Gasteiger charge is -2.23. The summed E-state index contributed by atoms with van der Waals surface area (Å²) in [4.78, 5) is 17.2. The van der Waals surface area contributed by atoms with Gasteiger partial charge in [0.2, 0.25) is 5.91 Å². The van der Waals surface area contributed by atoms with Crippen molar-refractivity contribution in [2.75, 3.05) is 0 Å². The SMILES string of the molecule is NC(C(=O)NC1CCCC1n1ccnc1)c1cccs1. The van der Waals surface area contributed by atoms with Crippen molar-refractivity contribution in [1.29, 1.82) is 0 Å². The minimum absolute atomic E-state index is 0.0931. The summed E-state index contributed by atoms with van der Waals surface area (Å²) in [5.74, 6) is -0.0931. The summed E-state index contributed by atoms with van der Waals surface area (Å²) in [5, 5.41) is 5.04. The highest BCUT2D eigenvalue weighted by molar-refractivity contribution is 7.10. The minimum atomic E-state index is -0.570. The summed E-state index contributed by atoms with van der Waals surface area (Å²) in [7, 11) is 0. The van der Waals surface area contributed by atoms with E-state index >= 15 is 0 Å². The lowest BCUT2D eigenvalue weighted by molar-refractivity contribution is -0.123. The number of thiophene rings is 1. The molecule has 2 aromatic rings. The number of aromatic nitrogens is 2. The maximum Gasteiger partial charge on any atom is 0.242 e. The first-order valence-corrected chi connectivity index (χ1v) is 7.70. The molecular weight excluding hydrogens is 272 g/mol. The number of hydrogen-bond acceptors (Lipinski definition) is 4. The molecule has 0 bridgehead atoms. The van der Waals surface area contributed by atoms with E-state index in [1.165, 1.54) is 11.3 Å². The van der Waals surface area contributed by atoms with Crippen LogP contribution in [0.25, 0.3) is 0 Å². The van der Waals surface area contributed by atoms with E-state index in [4.69, 9.17) is 5.73 Å². The average molecular weight is 290 g/mol. The lowest BCUT2D eigenvalue weighted by atomic mass is 10.1. The Morgan fingerprint density at radius 1 is 1.55 bits per heavy atom. The van der Waals surface area contributed by atoms with Gasteiger partial charge in [-0.05, 0) is 30.7 Å². The Kier molecular flexibility index (Phi) is 3.84. The van der Waals surface area contributed by atoms with Crippen LogP contribution in [0.2, 0.25) is 0 Å². The molecule has 3 N–H and O–H groups in total. The zero-order chi connectivity index (χ0) is 13.9. The number of carbonyl (C=O) groups excluding carboxylic acids is 1. The number of nitrogens with one attached hydrogen (secondary N) is 1. The molecule has 2 aromatic heterocycles. The highest BCUT2D eigenvalue weighted by Crippen LogP contribution is 2.30. The number of carbonyl (C=O) groups is 1. The van der Waals surface area contributed by atoms with Gasteiger partial charge in [0, 0.05) is 23.3 Å². The molecule has 6 heteroatoms. The second kappa shape index (κ2) is 5.76. The van der Waals surface area contributed by atoms with Gasteiger partial charge in [-0.15, -0.1) is 11.3 Å². The van der Waals surface area contributed by atoms with Crippen molar-refractivity contribution in [2.24, 2.45) is 5.73 Å². The Labute approximate surface area is 121 Å². The molecule has 0 aromatic carbocycles. The van der Waals surface area contributed by atoms with Gasteiger partial charge in [0.1, 0.15) is 6.04 Å². The number of amides is 1. The van der Waals surface area contributed by atoms with Crippen molar-refractivity contribution in [1.82, 2.24) is 14.9 Å². The van der Waals surface area contributed by atoms with E-state index in [0.29, 0.717) is 0 Å². The molecule has 20 heavy (non-hydrogen) atoms. The van der Waals surface area contributed by atoms with Crippen LogP contribution in [0.15, 0.2) is 36.2 Å². The molecule has 106 valence electrons. The topological polar surface area (TPSA) is 72.9 Å². The zero-order valence-electron chi connectivity index (χ0n) is 11.1. The van der Waals surface area contributed by atoms with Crippen LogP contribution in [0.1, 0.15) is 36.2 Å². The molecule has 1 fully saturated rings. The van der Waals surface area contributed by atoms with Crippen LogP contribution in [0.5, 0.6) is 0 Å². The van der Waals surface area contributed by atoms with Crippen LogP contribution in [0.3, 0.4) is 0 Å². The van der Waals surface area contributed by atoms with E-state index in [1.54, 1.807) is 6.20 Å². The third kappa shape index (κ3) is 2.62. The van der Waals surface area contributed by atoms with E-state index in [-0.39, 0.29) is 18.0 Å². The highest BCUT2D eigenvalue weighted by Gasteiger charge is 2.31. The van der Waals surface area contributed by atoms with Crippen molar-refractivity contribution < 1.29 is 4.79 Å². The first-order valence-electron chi connectivity index (χ1n) is 6.82. The quantitative estimate of drug-likeness (QED) is 0.902. The number of rotatable bonds is 4. The molecule has 0 aliphatic heterocycles. The fourth-order valence-electron chi connectivity index (χ4n) is 2.80. The second-order valence-corrected chi connectivity index (χ2v) is 6.10. The van der Waals surface area contributed by atoms with Gasteiger partial charge in [0.05, 0.1) is 12.4 Å². The van der Waals surface area contributed by atoms with Crippen molar-refractivity contribution in [3.8, 4) is 0 Å². The van der Waals surface area contributed by atoms with E-state index in [1.807, 2.05) is 30.0 Å². The van der Waals surface area contributed by atoms with Crippen LogP contribution in [0, 0.1) is 0 Å². The van der Waals surface area contributed by atoms with Crippen molar-refractivity contribution in [3.05, 3.63) is 41.1 Å². The highest BCUT2D eigenvalue weighted by atomic mass is 32.1. The molecular formula is C14H18N4OS. The molecule has 2 heterocycles. The molecule has 3 unspecified atom stereocenters.